The topological polar surface area (TPSA) is 29.9 Å². The van der Waals surface area contributed by atoms with E-state index in [-0.39, 0.29) is 0 Å². The van der Waals surface area contributed by atoms with Crippen LogP contribution in [0.2, 0.25) is 0 Å². The number of hydrogen-bond acceptors (Lipinski definition) is 2. The molecular formula is C18H27N3. The first-order valence-electron chi connectivity index (χ1n) is 7.87. The summed E-state index contributed by atoms with van der Waals surface area (Å²) in [6, 6.07) is 6.88. The van der Waals surface area contributed by atoms with E-state index < -0.39 is 0 Å². The van der Waals surface area contributed by atoms with Gasteiger partial charge in [-0.2, -0.15) is 5.10 Å². The third-order valence-electron chi connectivity index (χ3n) is 4.15. The summed E-state index contributed by atoms with van der Waals surface area (Å²) in [7, 11) is 2.00. The first-order valence-corrected chi connectivity index (χ1v) is 7.87. The molecule has 3 heteroatoms. The van der Waals surface area contributed by atoms with Gasteiger partial charge in [-0.25, -0.2) is 0 Å². The Morgan fingerprint density at radius 1 is 1.19 bits per heavy atom. The molecule has 0 saturated carbocycles. The molecule has 0 aliphatic rings. The molecular weight excluding hydrogens is 258 g/mol. The van der Waals surface area contributed by atoms with Crippen molar-refractivity contribution in [2.75, 3.05) is 6.54 Å². The first kappa shape index (κ1) is 15.8. The molecule has 1 atom stereocenters. The van der Waals surface area contributed by atoms with E-state index in [0.29, 0.717) is 6.04 Å². The predicted molar refractivity (Wildman–Crippen MR) is 88.6 cm³/mol. The molecule has 0 fully saturated rings. The molecule has 1 unspecified atom stereocenters. The Labute approximate surface area is 128 Å². The van der Waals surface area contributed by atoms with E-state index in [2.05, 4.69) is 62.5 Å². The van der Waals surface area contributed by atoms with Gasteiger partial charge in [0, 0.05) is 24.8 Å². The van der Waals surface area contributed by atoms with Gasteiger partial charge in [0.1, 0.15) is 0 Å². The lowest BCUT2D eigenvalue weighted by atomic mass is 9.92. The molecule has 0 aliphatic carbocycles. The predicted octanol–water partition coefficient (Wildman–Crippen LogP) is 3.49. The van der Waals surface area contributed by atoms with Crippen LogP contribution in [0, 0.1) is 13.8 Å². The molecule has 2 aromatic rings. The molecule has 0 spiro atoms. The van der Waals surface area contributed by atoms with E-state index in [0.717, 1.165) is 19.4 Å². The SMILES string of the molecule is CCNC(Cc1c(C)cccc1C)c1cn(C)nc1CC. The minimum Gasteiger partial charge on any atom is -0.310 e. The van der Waals surface area contributed by atoms with Crippen LogP contribution in [0.3, 0.4) is 0 Å². The average Bonchev–Trinajstić information content (AvgIpc) is 2.83. The van der Waals surface area contributed by atoms with E-state index >= 15 is 0 Å². The van der Waals surface area contributed by atoms with Crippen LogP contribution in [0.5, 0.6) is 0 Å². The molecule has 3 nitrogen and oxygen atoms in total. The van der Waals surface area contributed by atoms with Crippen molar-refractivity contribution in [2.24, 2.45) is 7.05 Å². The van der Waals surface area contributed by atoms with Crippen molar-refractivity contribution in [1.82, 2.24) is 15.1 Å². The summed E-state index contributed by atoms with van der Waals surface area (Å²) < 4.78 is 1.93. The summed E-state index contributed by atoms with van der Waals surface area (Å²) in [5, 5.41) is 8.23. The summed E-state index contributed by atoms with van der Waals surface area (Å²) in [6.45, 7) is 9.71. The van der Waals surface area contributed by atoms with E-state index in [1.54, 1.807) is 0 Å². The van der Waals surface area contributed by atoms with Crippen molar-refractivity contribution < 1.29 is 0 Å². The molecule has 21 heavy (non-hydrogen) atoms. The van der Waals surface area contributed by atoms with Gasteiger partial charge in [0.05, 0.1) is 5.69 Å². The highest BCUT2D eigenvalue weighted by molar-refractivity contribution is 5.36. The van der Waals surface area contributed by atoms with Gasteiger partial charge >= 0.3 is 0 Å². The molecule has 1 aromatic carbocycles. The largest absolute Gasteiger partial charge is 0.310 e. The van der Waals surface area contributed by atoms with Crippen molar-refractivity contribution in [2.45, 2.75) is 46.6 Å². The summed E-state index contributed by atoms with van der Waals surface area (Å²) in [5.74, 6) is 0. The highest BCUT2D eigenvalue weighted by Gasteiger charge is 2.19. The van der Waals surface area contributed by atoms with Gasteiger partial charge in [0.2, 0.25) is 0 Å². The number of aromatic nitrogens is 2. The Morgan fingerprint density at radius 3 is 2.43 bits per heavy atom. The quantitative estimate of drug-likeness (QED) is 0.880. The maximum absolute atomic E-state index is 4.60. The van der Waals surface area contributed by atoms with Crippen molar-refractivity contribution in [1.29, 1.82) is 0 Å². The summed E-state index contributed by atoms with van der Waals surface area (Å²) in [6.07, 6.45) is 4.16. The van der Waals surface area contributed by atoms with Crippen molar-refractivity contribution in [3.63, 3.8) is 0 Å². The van der Waals surface area contributed by atoms with Crippen LogP contribution in [0.15, 0.2) is 24.4 Å². The van der Waals surface area contributed by atoms with Crippen molar-refractivity contribution >= 4 is 0 Å². The van der Waals surface area contributed by atoms with Crippen LogP contribution in [0.25, 0.3) is 0 Å². The van der Waals surface area contributed by atoms with Gasteiger partial charge in [0.25, 0.3) is 0 Å². The minimum atomic E-state index is 0.332. The van der Waals surface area contributed by atoms with Gasteiger partial charge < -0.3 is 5.32 Å². The number of benzene rings is 1. The molecule has 1 N–H and O–H groups in total. The van der Waals surface area contributed by atoms with E-state index in [1.807, 2.05) is 11.7 Å². The third kappa shape index (κ3) is 3.53. The lowest BCUT2D eigenvalue weighted by molar-refractivity contribution is 0.543. The van der Waals surface area contributed by atoms with E-state index in [4.69, 9.17) is 0 Å². The van der Waals surface area contributed by atoms with Gasteiger partial charge in [-0.15, -0.1) is 0 Å². The van der Waals surface area contributed by atoms with E-state index in [1.165, 1.54) is 27.9 Å². The van der Waals surface area contributed by atoms with Gasteiger partial charge in [-0.05, 0) is 49.9 Å². The Balaban J connectivity index is 2.35. The van der Waals surface area contributed by atoms with Crippen LogP contribution in [0.4, 0.5) is 0 Å². The van der Waals surface area contributed by atoms with Crippen LogP contribution in [0.1, 0.15) is 47.8 Å². The zero-order valence-corrected chi connectivity index (χ0v) is 13.9. The van der Waals surface area contributed by atoms with Crippen LogP contribution in [-0.4, -0.2) is 16.3 Å². The lowest BCUT2D eigenvalue weighted by Crippen LogP contribution is -2.24. The molecule has 0 radical (unpaired) electrons. The van der Waals surface area contributed by atoms with Crippen LogP contribution in [-0.2, 0) is 19.9 Å². The fraction of sp³-hybridized carbons (Fsp3) is 0.500. The van der Waals surface area contributed by atoms with Gasteiger partial charge in [-0.1, -0.05) is 32.0 Å². The molecule has 0 aliphatic heterocycles. The average molecular weight is 285 g/mol. The molecule has 0 amide bonds. The molecule has 1 heterocycles. The zero-order valence-electron chi connectivity index (χ0n) is 13.9. The Kier molecular flexibility index (Phi) is 5.18. The van der Waals surface area contributed by atoms with Crippen molar-refractivity contribution in [3.8, 4) is 0 Å². The van der Waals surface area contributed by atoms with E-state index in [9.17, 15) is 0 Å². The monoisotopic (exact) mass is 285 g/mol. The van der Waals surface area contributed by atoms with Crippen LogP contribution < -0.4 is 5.32 Å². The summed E-state index contributed by atoms with van der Waals surface area (Å²) in [5.41, 5.74) is 6.74. The molecule has 2 rings (SSSR count). The maximum atomic E-state index is 4.60. The van der Waals surface area contributed by atoms with Gasteiger partial charge in [-0.3, -0.25) is 4.68 Å². The summed E-state index contributed by atoms with van der Waals surface area (Å²) in [4.78, 5) is 0. The Morgan fingerprint density at radius 2 is 1.86 bits per heavy atom. The summed E-state index contributed by atoms with van der Waals surface area (Å²) >= 11 is 0. The number of aryl methyl sites for hydroxylation is 4. The molecule has 0 saturated heterocycles. The maximum Gasteiger partial charge on any atom is 0.0669 e. The third-order valence-corrected chi connectivity index (χ3v) is 4.15. The van der Waals surface area contributed by atoms with Crippen molar-refractivity contribution in [3.05, 3.63) is 52.3 Å². The number of likely N-dealkylation sites (N-methyl/N-ethyl adjacent to an activating group) is 1. The number of nitrogens with zero attached hydrogens (tertiary/aromatic N) is 2. The first-order chi connectivity index (χ1) is 10.1. The number of rotatable bonds is 6. The second-order valence-corrected chi connectivity index (χ2v) is 5.74. The second kappa shape index (κ2) is 6.90. The molecule has 1 aromatic heterocycles. The normalized spacial score (nSPS) is 12.6. The minimum absolute atomic E-state index is 0.332. The van der Waals surface area contributed by atoms with Gasteiger partial charge in [0.15, 0.2) is 0 Å². The smallest absolute Gasteiger partial charge is 0.0669 e. The molecule has 114 valence electrons. The number of nitrogens with one attached hydrogen (secondary N) is 1. The van der Waals surface area contributed by atoms with Crippen LogP contribution >= 0.6 is 0 Å². The fourth-order valence-electron chi connectivity index (χ4n) is 3.03. The Hall–Kier alpha value is -1.61. The lowest BCUT2D eigenvalue weighted by Gasteiger charge is -2.20. The highest BCUT2D eigenvalue weighted by Crippen LogP contribution is 2.25. The zero-order chi connectivity index (χ0) is 15.4. The second-order valence-electron chi connectivity index (χ2n) is 5.74. The molecule has 0 bridgehead atoms. The highest BCUT2D eigenvalue weighted by atomic mass is 15.3. The number of hydrogen-bond donors (Lipinski definition) is 1. The Bertz CT molecular complexity index is 578. The standard InChI is InChI=1S/C18H27N3/c1-6-17-16(12-21(5)20-17)18(19-7-2)11-15-13(3)9-8-10-14(15)4/h8-10,12,18-19H,6-7,11H2,1-5H3. The fourth-order valence-corrected chi connectivity index (χ4v) is 3.03.